The molecule has 34 heavy (non-hydrogen) atoms. The van der Waals surface area contributed by atoms with Crippen molar-refractivity contribution in [3.63, 3.8) is 0 Å². The first-order valence-electron chi connectivity index (χ1n) is 11.3. The van der Waals surface area contributed by atoms with Gasteiger partial charge in [0, 0.05) is 37.1 Å². The molecule has 1 heterocycles. The minimum Gasteiger partial charge on any atom is -0.444 e. The number of hydrogen-bond donors (Lipinski definition) is 2. The first-order chi connectivity index (χ1) is 16.0. The molecule has 1 aromatic carbocycles. The maximum atomic E-state index is 12.6. The molecule has 0 spiro atoms. The SMILES string of the molecule is CC(C)(C)OC(=O)N(CCCNC(=O)c1ccc(S(=O)(=O)NC2CC2)cc1)Cc1cccnc1. The molecule has 10 heteroatoms. The number of aromatic nitrogens is 1. The van der Waals surface area contributed by atoms with Crippen LogP contribution in [-0.4, -0.2) is 55.0 Å². The van der Waals surface area contributed by atoms with Crippen molar-refractivity contribution in [2.24, 2.45) is 0 Å². The smallest absolute Gasteiger partial charge is 0.410 e. The Bertz CT molecular complexity index is 1080. The van der Waals surface area contributed by atoms with E-state index in [2.05, 4.69) is 15.0 Å². The average Bonchev–Trinajstić information content (AvgIpc) is 3.58. The zero-order valence-corrected chi connectivity index (χ0v) is 20.6. The number of rotatable bonds is 10. The number of nitrogens with zero attached hydrogens (tertiary/aromatic N) is 2. The lowest BCUT2D eigenvalue weighted by Crippen LogP contribution is -2.38. The Hall–Kier alpha value is -2.98. The van der Waals surface area contributed by atoms with Crippen LogP contribution in [0.3, 0.4) is 0 Å². The molecule has 1 aliphatic rings. The van der Waals surface area contributed by atoms with Gasteiger partial charge in [-0.05, 0) is 75.9 Å². The van der Waals surface area contributed by atoms with Gasteiger partial charge in [0.1, 0.15) is 5.60 Å². The minimum absolute atomic E-state index is 0.0198. The molecular formula is C24H32N4O5S. The number of amides is 2. The lowest BCUT2D eigenvalue weighted by Gasteiger charge is -2.27. The number of pyridine rings is 1. The molecule has 1 saturated carbocycles. The molecule has 1 aliphatic carbocycles. The largest absolute Gasteiger partial charge is 0.444 e. The number of nitrogens with one attached hydrogen (secondary N) is 2. The predicted octanol–water partition coefficient (Wildman–Crippen LogP) is 3.08. The summed E-state index contributed by atoms with van der Waals surface area (Å²) in [6.45, 7) is 6.51. The lowest BCUT2D eigenvalue weighted by molar-refractivity contribution is 0.0232. The van der Waals surface area contributed by atoms with Crippen molar-refractivity contribution in [3.8, 4) is 0 Å². The zero-order chi connectivity index (χ0) is 24.8. The molecule has 9 nitrogen and oxygen atoms in total. The third-order valence-electron chi connectivity index (χ3n) is 4.96. The van der Waals surface area contributed by atoms with Crippen LogP contribution in [0.2, 0.25) is 0 Å². The molecule has 0 bridgehead atoms. The van der Waals surface area contributed by atoms with Crippen molar-refractivity contribution < 1.29 is 22.7 Å². The fraction of sp³-hybridized carbons (Fsp3) is 0.458. The van der Waals surface area contributed by atoms with Crippen LogP contribution in [0.5, 0.6) is 0 Å². The molecule has 2 amide bonds. The van der Waals surface area contributed by atoms with Gasteiger partial charge < -0.3 is 15.0 Å². The van der Waals surface area contributed by atoms with E-state index in [0.29, 0.717) is 31.6 Å². The second-order valence-corrected chi connectivity index (χ2v) is 11.0. The van der Waals surface area contributed by atoms with Crippen LogP contribution in [0.4, 0.5) is 4.79 Å². The monoisotopic (exact) mass is 488 g/mol. The Kier molecular flexibility index (Phi) is 8.27. The molecule has 2 aromatic rings. The Morgan fingerprint density at radius 1 is 1.15 bits per heavy atom. The van der Waals surface area contributed by atoms with Gasteiger partial charge in [0.2, 0.25) is 10.0 Å². The second-order valence-electron chi connectivity index (χ2n) is 9.29. The minimum atomic E-state index is -3.55. The summed E-state index contributed by atoms with van der Waals surface area (Å²) in [5, 5.41) is 2.81. The predicted molar refractivity (Wildman–Crippen MR) is 128 cm³/mol. The topological polar surface area (TPSA) is 118 Å². The van der Waals surface area contributed by atoms with Crippen LogP contribution in [-0.2, 0) is 21.3 Å². The highest BCUT2D eigenvalue weighted by Crippen LogP contribution is 2.22. The second kappa shape index (κ2) is 11.0. The molecule has 0 saturated heterocycles. The standard InChI is InChI=1S/C24H32N4O5S/c1-24(2,3)33-23(30)28(17-18-6-4-13-25-16-18)15-5-14-26-22(29)19-7-11-21(12-8-19)34(31,32)27-20-9-10-20/h4,6-8,11-13,16,20,27H,5,9-10,14-15,17H2,1-3H3,(H,26,29). The third kappa shape index (κ3) is 8.11. The highest BCUT2D eigenvalue weighted by molar-refractivity contribution is 7.89. The Balaban J connectivity index is 1.51. The number of benzene rings is 1. The maximum Gasteiger partial charge on any atom is 0.410 e. The van der Waals surface area contributed by atoms with Crippen LogP contribution in [0.15, 0.2) is 53.7 Å². The summed E-state index contributed by atoms with van der Waals surface area (Å²) in [4.78, 5) is 30.9. The van der Waals surface area contributed by atoms with Crippen LogP contribution in [0, 0.1) is 0 Å². The van der Waals surface area contributed by atoms with Crippen LogP contribution < -0.4 is 10.0 Å². The van der Waals surface area contributed by atoms with Crippen LogP contribution in [0.1, 0.15) is 56.0 Å². The van der Waals surface area contributed by atoms with E-state index in [1.807, 2.05) is 26.8 Å². The van der Waals surface area contributed by atoms with Gasteiger partial charge in [-0.1, -0.05) is 6.07 Å². The summed E-state index contributed by atoms with van der Waals surface area (Å²) in [6, 6.07) is 9.55. The Morgan fingerprint density at radius 2 is 1.85 bits per heavy atom. The van der Waals surface area contributed by atoms with E-state index >= 15 is 0 Å². The molecule has 1 aromatic heterocycles. The highest BCUT2D eigenvalue weighted by atomic mass is 32.2. The summed E-state index contributed by atoms with van der Waals surface area (Å²) >= 11 is 0. The van der Waals surface area contributed by atoms with E-state index in [1.54, 1.807) is 23.4 Å². The van der Waals surface area contributed by atoms with Gasteiger partial charge in [-0.15, -0.1) is 0 Å². The van der Waals surface area contributed by atoms with Gasteiger partial charge in [-0.3, -0.25) is 9.78 Å². The van der Waals surface area contributed by atoms with E-state index in [4.69, 9.17) is 4.74 Å². The average molecular weight is 489 g/mol. The number of ether oxygens (including phenoxy) is 1. The molecule has 2 N–H and O–H groups in total. The summed E-state index contributed by atoms with van der Waals surface area (Å²) in [6.07, 6.45) is 5.16. The number of carbonyl (C=O) groups excluding carboxylic acids is 2. The van der Waals surface area contributed by atoms with E-state index in [1.165, 1.54) is 24.3 Å². The van der Waals surface area contributed by atoms with Crippen molar-refractivity contribution >= 4 is 22.0 Å². The zero-order valence-electron chi connectivity index (χ0n) is 19.8. The molecule has 0 unspecified atom stereocenters. The van der Waals surface area contributed by atoms with E-state index in [-0.39, 0.29) is 16.8 Å². The molecule has 1 fully saturated rings. The quantitative estimate of drug-likeness (QED) is 0.496. The highest BCUT2D eigenvalue weighted by Gasteiger charge is 2.28. The molecular weight excluding hydrogens is 456 g/mol. The molecule has 184 valence electrons. The number of carbonyl (C=O) groups is 2. The number of sulfonamides is 1. The van der Waals surface area contributed by atoms with Crippen LogP contribution in [0.25, 0.3) is 0 Å². The first-order valence-corrected chi connectivity index (χ1v) is 12.8. The number of hydrogen-bond acceptors (Lipinski definition) is 6. The lowest BCUT2D eigenvalue weighted by atomic mass is 10.2. The first kappa shape index (κ1) is 25.6. The summed E-state index contributed by atoms with van der Waals surface area (Å²) in [5.41, 5.74) is 0.625. The van der Waals surface area contributed by atoms with Gasteiger partial charge in [-0.25, -0.2) is 17.9 Å². The molecule has 0 atom stereocenters. The van der Waals surface area contributed by atoms with Crippen LogP contribution >= 0.6 is 0 Å². The summed E-state index contributed by atoms with van der Waals surface area (Å²) in [7, 11) is -3.55. The van der Waals surface area contributed by atoms with Gasteiger partial charge in [0.25, 0.3) is 5.91 Å². The Labute approximate surface area is 201 Å². The molecule has 0 radical (unpaired) electrons. The third-order valence-corrected chi connectivity index (χ3v) is 6.50. The normalized spacial score (nSPS) is 13.9. The maximum absolute atomic E-state index is 12.6. The van der Waals surface area contributed by atoms with Gasteiger partial charge >= 0.3 is 6.09 Å². The summed E-state index contributed by atoms with van der Waals surface area (Å²) in [5.74, 6) is -0.310. The van der Waals surface area contributed by atoms with E-state index in [9.17, 15) is 18.0 Å². The van der Waals surface area contributed by atoms with Crippen molar-refractivity contribution in [2.45, 2.75) is 63.1 Å². The molecule has 3 rings (SSSR count). The van der Waals surface area contributed by atoms with E-state index in [0.717, 1.165) is 18.4 Å². The van der Waals surface area contributed by atoms with Gasteiger partial charge in [0.15, 0.2) is 0 Å². The van der Waals surface area contributed by atoms with Crippen molar-refractivity contribution in [3.05, 3.63) is 59.9 Å². The van der Waals surface area contributed by atoms with Crippen molar-refractivity contribution in [2.75, 3.05) is 13.1 Å². The fourth-order valence-corrected chi connectivity index (χ4v) is 4.43. The molecule has 0 aliphatic heterocycles. The van der Waals surface area contributed by atoms with Gasteiger partial charge in [0.05, 0.1) is 11.4 Å². The van der Waals surface area contributed by atoms with Crippen molar-refractivity contribution in [1.29, 1.82) is 0 Å². The van der Waals surface area contributed by atoms with Gasteiger partial charge in [-0.2, -0.15) is 0 Å². The summed E-state index contributed by atoms with van der Waals surface area (Å²) < 4.78 is 32.6. The van der Waals surface area contributed by atoms with E-state index < -0.39 is 21.7 Å². The fourth-order valence-electron chi connectivity index (χ4n) is 3.12. The Morgan fingerprint density at radius 3 is 2.44 bits per heavy atom. The van der Waals surface area contributed by atoms with Crippen molar-refractivity contribution in [1.82, 2.24) is 19.9 Å².